The van der Waals surface area contributed by atoms with Crippen molar-refractivity contribution in [3.63, 3.8) is 0 Å². The van der Waals surface area contributed by atoms with Gasteiger partial charge in [-0.2, -0.15) is 0 Å². The smallest absolute Gasteiger partial charge is 0.293 e. The minimum Gasteiger partial charge on any atom is -0.293 e. The van der Waals surface area contributed by atoms with E-state index in [1.165, 1.54) is 16.2 Å². The summed E-state index contributed by atoms with van der Waals surface area (Å²) < 4.78 is 0.894. The van der Waals surface area contributed by atoms with Gasteiger partial charge in [-0.05, 0) is 29.8 Å². The summed E-state index contributed by atoms with van der Waals surface area (Å²) in [5.74, 6) is -3.01. The lowest BCUT2D eigenvalue weighted by molar-refractivity contribution is -0.135. The number of halogens is 1. The molecule has 0 radical (unpaired) electrons. The number of amides is 1. The molecule has 1 fully saturated rings. The number of fused-ring (bicyclic) bond motifs is 1. The number of anilines is 1. The average Bonchev–Trinajstić information content (AvgIpc) is 3.33. The lowest BCUT2D eigenvalue weighted by Crippen LogP contribution is -2.30. The number of carbonyl (C=O) groups excluding carboxylic acids is 3. The molecule has 1 aliphatic heterocycles. The fraction of sp³-hybridized carbons (Fsp3) is 0.0833. The third kappa shape index (κ3) is 3.34. The van der Waals surface area contributed by atoms with Crippen LogP contribution in [0.4, 0.5) is 5.13 Å². The number of aromatic nitrogens is 1. The molecule has 1 saturated heterocycles. The van der Waals surface area contributed by atoms with Gasteiger partial charge in [-0.3, -0.25) is 19.3 Å². The van der Waals surface area contributed by atoms with Crippen LogP contribution < -0.4 is 4.90 Å². The molecule has 5 nitrogen and oxygen atoms in total. The number of benzene rings is 3. The summed E-state index contributed by atoms with van der Waals surface area (Å²) >= 11 is 7.37. The molecule has 0 spiro atoms. The molecule has 5 rings (SSSR count). The zero-order valence-electron chi connectivity index (χ0n) is 16.1. The van der Waals surface area contributed by atoms with Gasteiger partial charge in [-0.25, -0.2) is 4.98 Å². The molecule has 7 heteroatoms. The van der Waals surface area contributed by atoms with Crippen molar-refractivity contribution in [3.05, 3.63) is 95.0 Å². The van der Waals surface area contributed by atoms with Crippen LogP contribution in [0.3, 0.4) is 0 Å². The van der Waals surface area contributed by atoms with Crippen LogP contribution in [0.5, 0.6) is 0 Å². The molecule has 2 unspecified atom stereocenters. The zero-order chi connectivity index (χ0) is 21.5. The highest BCUT2D eigenvalue weighted by Gasteiger charge is 2.53. The number of hydrogen-bond acceptors (Lipinski definition) is 5. The lowest BCUT2D eigenvalue weighted by Gasteiger charge is -2.25. The van der Waals surface area contributed by atoms with Gasteiger partial charge in [0.25, 0.3) is 5.91 Å². The third-order valence-corrected chi connectivity index (χ3v) is 6.63. The molecule has 1 amide bonds. The molecule has 0 aliphatic carbocycles. The topological polar surface area (TPSA) is 67.3 Å². The fourth-order valence-corrected chi connectivity index (χ4v) is 5.01. The summed E-state index contributed by atoms with van der Waals surface area (Å²) in [6, 6.07) is 22.1. The number of Topliss-reactive ketones (excluding diaryl/α,β-unsaturated/α-hetero) is 2. The van der Waals surface area contributed by atoms with Crippen molar-refractivity contribution in [2.75, 3.05) is 4.90 Å². The number of rotatable bonds is 4. The van der Waals surface area contributed by atoms with Gasteiger partial charge in [-0.1, -0.05) is 77.5 Å². The van der Waals surface area contributed by atoms with Crippen molar-refractivity contribution in [2.24, 2.45) is 5.92 Å². The number of nitrogens with zero attached hydrogens (tertiary/aromatic N) is 2. The molecule has 1 aliphatic rings. The molecule has 1 aromatic heterocycles. The summed E-state index contributed by atoms with van der Waals surface area (Å²) in [5.41, 5.74) is 1.77. The minimum absolute atomic E-state index is 0.387. The second-order valence-electron chi connectivity index (χ2n) is 7.21. The van der Waals surface area contributed by atoms with Crippen LogP contribution in [0.15, 0.2) is 78.9 Å². The van der Waals surface area contributed by atoms with Gasteiger partial charge in [0.2, 0.25) is 5.78 Å². The van der Waals surface area contributed by atoms with Crippen molar-refractivity contribution >= 4 is 55.8 Å². The van der Waals surface area contributed by atoms with Gasteiger partial charge < -0.3 is 0 Å². The molecule has 2 heterocycles. The average molecular weight is 447 g/mol. The van der Waals surface area contributed by atoms with Gasteiger partial charge >= 0.3 is 0 Å². The van der Waals surface area contributed by atoms with Crippen molar-refractivity contribution < 1.29 is 14.4 Å². The van der Waals surface area contributed by atoms with Crippen molar-refractivity contribution in [1.82, 2.24) is 4.98 Å². The Hall–Kier alpha value is -3.35. The summed E-state index contributed by atoms with van der Waals surface area (Å²) in [7, 11) is 0. The van der Waals surface area contributed by atoms with E-state index in [-0.39, 0.29) is 5.78 Å². The van der Waals surface area contributed by atoms with Crippen LogP contribution in [-0.4, -0.2) is 22.5 Å². The largest absolute Gasteiger partial charge is 0.297 e. The Kier molecular flexibility index (Phi) is 4.88. The number of carbonyl (C=O) groups is 3. The van der Waals surface area contributed by atoms with E-state index in [2.05, 4.69) is 4.98 Å². The normalized spacial score (nSPS) is 18.7. The van der Waals surface area contributed by atoms with Crippen LogP contribution in [0.1, 0.15) is 22.0 Å². The highest BCUT2D eigenvalue weighted by molar-refractivity contribution is 7.22. The highest BCUT2D eigenvalue weighted by atomic mass is 35.5. The maximum absolute atomic E-state index is 13.4. The lowest BCUT2D eigenvalue weighted by atomic mass is 9.86. The van der Waals surface area contributed by atoms with E-state index in [9.17, 15) is 14.4 Å². The number of hydrogen-bond donors (Lipinski definition) is 0. The maximum atomic E-state index is 13.4. The Balaban J connectivity index is 1.67. The van der Waals surface area contributed by atoms with Gasteiger partial charge in [0, 0.05) is 10.6 Å². The number of para-hydroxylation sites is 1. The molecular weight excluding hydrogens is 432 g/mol. The minimum atomic E-state index is -1.16. The highest BCUT2D eigenvalue weighted by Crippen LogP contribution is 2.43. The van der Waals surface area contributed by atoms with Crippen LogP contribution in [0.25, 0.3) is 10.2 Å². The second-order valence-corrected chi connectivity index (χ2v) is 8.65. The SMILES string of the molecule is O=C1C(=O)N(c2nc3ccccc3s2)C(c2ccc(Cl)cc2)C1C(=O)c1ccccc1. The maximum Gasteiger partial charge on any atom is 0.297 e. The fourth-order valence-electron chi connectivity index (χ4n) is 3.89. The zero-order valence-corrected chi connectivity index (χ0v) is 17.6. The first-order chi connectivity index (χ1) is 15.0. The Bertz CT molecular complexity index is 1280. The van der Waals surface area contributed by atoms with E-state index < -0.39 is 23.7 Å². The monoisotopic (exact) mass is 446 g/mol. The quantitative estimate of drug-likeness (QED) is 0.248. The van der Waals surface area contributed by atoms with Gasteiger partial charge in [-0.15, -0.1) is 0 Å². The summed E-state index contributed by atoms with van der Waals surface area (Å²) in [4.78, 5) is 45.5. The van der Waals surface area contributed by atoms with E-state index in [4.69, 9.17) is 11.6 Å². The van der Waals surface area contributed by atoms with Gasteiger partial charge in [0.15, 0.2) is 10.9 Å². The van der Waals surface area contributed by atoms with E-state index in [1.807, 2.05) is 24.3 Å². The van der Waals surface area contributed by atoms with Crippen LogP contribution in [0, 0.1) is 5.92 Å². The Morgan fingerprint density at radius 3 is 2.29 bits per heavy atom. The first kappa shape index (κ1) is 19.6. The molecule has 152 valence electrons. The molecule has 0 bridgehead atoms. The standard InChI is InChI=1S/C24H15ClN2O3S/c25-16-12-10-14(11-13-16)20-19(21(28)15-6-2-1-3-7-15)22(29)23(30)27(20)24-26-17-8-4-5-9-18(17)31-24/h1-13,19-20H. The first-order valence-corrected chi connectivity index (χ1v) is 10.8. The van der Waals surface area contributed by atoms with E-state index in [0.717, 1.165) is 10.2 Å². The molecular formula is C24H15ClN2O3S. The molecule has 3 aromatic carbocycles. The van der Waals surface area contributed by atoms with Crippen LogP contribution in [0.2, 0.25) is 5.02 Å². The van der Waals surface area contributed by atoms with Crippen molar-refractivity contribution in [1.29, 1.82) is 0 Å². The summed E-state index contributed by atoms with van der Waals surface area (Å²) in [5, 5.41) is 0.916. The van der Waals surface area contributed by atoms with Gasteiger partial charge in [0.05, 0.1) is 16.3 Å². The first-order valence-electron chi connectivity index (χ1n) is 9.62. The predicted molar refractivity (Wildman–Crippen MR) is 121 cm³/mol. The van der Waals surface area contributed by atoms with Crippen molar-refractivity contribution in [3.8, 4) is 0 Å². The summed E-state index contributed by atoms with van der Waals surface area (Å²) in [6.45, 7) is 0. The Labute approximate surface area is 186 Å². The predicted octanol–water partition coefficient (Wildman–Crippen LogP) is 5.11. The molecule has 0 saturated carbocycles. The van der Waals surface area contributed by atoms with E-state index >= 15 is 0 Å². The molecule has 0 N–H and O–H groups in total. The van der Waals surface area contributed by atoms with Crippen molar-refractivity contribution in [2.45, 2.75) is 6.04 Å². The molecule has 2 atom stereocenters. The Morgan fingerprint density at radius 1 is 0.903 bits per heavy atom. The second kappa shape index (κ2) is 7.72. The van der Waals surface area contributed by atoms with Gasteiger partial charge in [0.1, 0.15) is 5.92 Å². The molecule has 31 heavy (non-hydrogen) atoms. The van der Waals surface area contributed by atoms with E-state index in [1.54, 1.807) is 54.6 Å². The molecule has 4 aromatic rings. The van der Waals surface area contributed by atoms with E-state index in [0.29, 0.717) is 21.3 Å². The van der Waals surface area contributed by atoms with Crippen LogP contribution in [-0.2, 0) is 9.59 Å². The number of thiazole rings is 1. The number of ketones is 2. The summed E-state index contributed by atoms with van der Waals surface area (Å²) in [6.07, 6.45) is 0. The van der Waals surface area contributed by atoms with Crippen LogP contribution >= 0.6 is 22.9 Å². The third-order valence-electron chi connectivity index (χ3n) is 5.35. The Morgan fingerprint density at radius 2 is 1.58 bits per heavy atom.